The summed E-state index contributed by atoms with van der Waals surface area (Å²) in [6.07, 6.45) is 0. The topological polar surface area (TPSA) is 41.5 Å². The third kappa shape index (κ3) is 8.89. The number of halogens is 3. The van der Waals surface area contributed by atoms with Gasteiger partial charge in [-0.05, 0) is 19.1 Å². The van der Waals surface area contributed by atoms with E-state index in [9.17, 15) is 13.2 Å². The second kappa shape index (κ2) is 9.79. The maximum Gasteiger partial charge on any atom is 0.470 e. The van der Waals surface area contributed by atoms with Gasteiger partial charge >= 0.3 is 5.51 Å². The molecular weight excluding hydrogens is 355 g/mol. The second-order valence-corrected chi connectivity index (χ2v) is 6.60. The molecule has 0 saturated carbocycles. The lowest BCUT2D eigenvalue weighted by Gasteiger charge is -2.29. The van der Waals surface area contributed by atoms with Crippen LogP contribution in [0.2, 0.25) is 0 Å². The minimum atomic E-state index is -4.58. The van der Waals surface area contributed by atoms with Gasteiger partial charge in [0, 0.05) is 5.56 Å². The average Bonchev–Trinajstić information content (AvgIpc) is 2.56. The zero-order chi connectivity index (χ0) is 18.9. The highest BCUT2D eigenvalue weighted by Gasteiger charge is 2.30. The van der Waals surface area contributed by atoms with Crippen LogP contribution in [-0.4, -0.2) is 19.6 Å². The minimum absolute atomic E-state index is 0.879. The van der Waals surface area contributed by atoms with Gasteiger partial charge in [-0.1, -0.05) is 48.0 Å². The van der Waals surface area contributed by atoms with Crippen LogP contribution in [0.15, 0.2) is 54.6 Å². The lowest BCUT2D eigenvalue weighted by Crippen LogP contribution is -2.39. The largest absolute Gasteiger partial charge is 0.691 e. The first-order valence-corrected chi connectivity index (χ1v) is 8.03. The molecule has 0 unspecified atom stereocenters. The molecule has 0 radical (unpaired) electrons. The molecule has 2 aromatic rings. The van der Waals surface area contributed by atoms with Gasteiger partial charge in [-0.25, -0.2) is 0 Å². The first kappa shape index (κ1) is 21.5. The van der Waals surface area contributed by atoms with E-state index in [1.807, 2.05) is 0 Å². The summed E-state index contributed by atoms with van der Waals surface area (Å²) < 4.78 is 36.4. The van der Waals surface area contributed by atoms with Crippen LogP contribution in [0.1, 0.15) is 11.1 Å². The molecule has 0 atom stereocenters. The van der Waals surface area contributed by atoms with Crippen LogP contribution in [0.4, 0.5) is 18.9 Å². The van der Waals surface area contributed by atoms with Crippen molar-refractivity contribution in [3.63, 3.8) is 0 Å². The molecule has 0 aliphatic heterocycles. The van der Waals surface area contributed by atoms with E-state index in [2.05, 4.69) is 85.0 Å². The van der Waals surface area contributed by atoms with E-state index in [1.54, 1.807) is 0 Å². The first-order chi connectivity index (χ1) is 11.6. The van der Waals surface area contributed by atoms with Gasteiger partial charge in [0.15, 0.2) is 0 Å². The summed E-state index contributed by atoms with van der Waals surface area (Å²) >= 11 is -1.00. The van der Waals surface area contributed by atoms with E-state index < -0.39 is 17.6 Å². The van der Waals surface area contributed by atoms with Gasteiger partial charge in [0.2, 0.25) is 0 Å². The van der Waals surface area contributed by atoms with Crippen LogP contribution in [0.5, 0.6) is 0 Å². The summed E-state index contributed by atoms with van der Waals surface area (Å²) in [7, 11) is 4.49. The molecule has 2 aromatic carbocycles. The van der Waals surface area contributed by atoms with Crippen LogP contribution in [-0.2, 0) is 15.9 Å². The number of nitrogens with zero attached hydrogens (tertiary/aromatic N) is 1. The molecule has 8 heteroatoms. The Morgan fingerprint density at radius 1 is 1.00 bits per heavy atom. The van der Waals surface area contributed by atoms with Crippen LogP contribution in [0, 0.1) is 6.92 Å². The molecular formula is C17H20F3NO3S. The van der Waals surface area contributed by atoms with Crippen molar-refractivity contribution in [2.24, 2.45) is 0 Å². The molecule has 25 heavy (non-hydrogen) atoms. The standard InChI is InChI=1S/C16H20N.CHF3O3S/c1-14-9-11-15(12-10-14)13-17(2,3)16-7-5-4-6-8-16;2-1(3,4)8-7-6-5/h4-12H,13H2,1-3H3;5H/q+1;/p-1. The molecule has 0 fully saturated rings. The van der Waals surface area contributed by atoms with Gasteiger partial charge in [0.25, 0.3) is 0 Å². The predicted octanol–water partition coefficient (Wildman–Crippen LogP) is 4.14. The summed E-state index contributed by atoms with van der Waals surface area (Å²) in [5.41, 5.74) is -0.541. The molecule has 0 N–H and O–H groups in total. The second-order valence-electron chi connectivity index (χ2n) is 5.83. The summed E-state index contributed by atoms with van der Waals surface area (Å²) in [6.45, 7) is 3.14. The molecule has 0 heterocycles. The smallest absolute Gasteiger partial charge is 0.470 e. The Morgan fingerprint density at radius 3 is 2.00 bits per heavy atom. The minimum Gasteiger partial charge on any atom is -0.691 e. The molecule has 0 aromatic heterocycles. The van der Waals surface area contributed by atoms with Crippen LogP contribution >= 0.6 is 12.0 Å². The van der Waals surface area contributed by atoms with E-state index >= 15 is 0 Å². The fourth-order valence-electron chi connectivity index (χ4n) is 2.13. The third-order valence-electron chi connectivity index (χ3n) is 3.31. The van der Waals surface area contributed by atoms with Crippen molar-refractivity contribution >= 4 is 17.7 Å². The summed E-state index contributed by atoms with van der Waals surface area (Å²) in [6, 6.07) is 19.4. The molecule has 0 saturated heterocycles. The zero-order valence-corrected chi connectivity index (χ0v) is 14.9. The van der Waals surface area contributed by atoms with E-state index in [0.29, 0.717) is 0 Å². The lowest BCUT2D eigenvalue weighted by atomic mass is 10.1. The Balaban J connectivity index is 0.000000333. The quantitative estimate of drug-likeness (QED) is 0.341. The number of aryl methyl sites for hydroxylation is 1. The highest BCUT2D eigenvalue weighted by Crippen LogP contribution is 2.30. The van der Waals surface area contributed by atoms with E-state index in [1.165, 1.54) is 16.8 Å². The monoisotopic (exact) mass is 375 g/mol. The van der Waals surface area contributed by atoms with Crippen molar-refractivity contribution < 1.29 is 27.8 Å². The Bertz CT molecular complexity index is 619. The maximum atomic E-state index is 10.9. The van der Waals surface area contributed by atoms with E-state index in [0.717, 1.165) is 11.0 Å². The fraction of sp³-hybridized carbons (Fsp3) is 0.294. The number of hydrogen-bond donors (Lipinski definition) is 0. The molecule has 0 aliphatic rings. The number of hydrogen-bond acceptors (Lipinski definition) is 4. The van der Waals surface area contributed by atoms with Gasteiger partial charge in [-0.15, -0.1) is 0 Å². The number of rotatable bonds is 5. The van der Waals surface area contributed by atoms with Crippen LogP contribution in [0.25, 0.3) is 0 Å². The SMILES string of the molecule is Cc1ccc(C[N+](C)(C)c2ccccc2)cc1.[O-]OOSC(F)(F)F. The number of quaternary nitrogens is 1. The van der Waals surface area contributed by atoms with Crippen molar-refractivity contribution in [3.8, 4) is 0 Å². The number of alkyl halides is 3. The van der Waals surface area contributed by atoms with Gasteiger partial charge in [0.1, 0.15) is 24.3 Å². The predicted molar refractivity (Wildman–Crippen MR) is 90.8 cm³/mol. The normalized spacial score (nSPS) is 11.6. The van der Waals surface area contributed by atoms with Gasteiger partial charge in [0.05, 0.1) is 14.1 Å². The molecule has 0 aliphatic carbocycles. The molecule has 0 spiro atoms. The Labute approximate surface area is 149 Å². The van der Waals surface area contributed by atoms with Gasteiger partial charge in [-0.2, -0.15) is 17.5 Å². The van der Waals surface area contributed by atoms with E-state index in [-0.39, 0.29) is 0 Å². The zero-order valence-electron chi connectivity index (χ0n) is 14.1. The molecule has 138 valence electrons. The number of benzene rings is 2. The summed E-state index contributed by atoms with van der Waals surface area (Å²) in [4.78, 5) is 0. The molecule has 0 amide bonds. The molecule has 4 nitrogen and oxygen atoms in total. The fourth-order valence-corrected chi connectivity index (χ4v) is 2.23. The lowest BCUT2D eigenvalue weighted by molar-refractivity contribution is -0.777. The van der Waals surface area contributed by atoms with Crippen molar-refractivity contribution in [3.05, 3.63) is 65.7 Å². The van der Waals surface area contributed by atoms with Crippen molar-refractivity contribution in [2.45, 2.75) is 19.0 Å². The maximum absolute atomic E-state index is 10.9. The number of para-hydroxylation sites is 1. The Hall–Kier alpha value is -1.58. The first-order valence-electron chi connectivity index (χ1n) is 7.29. The Morgan fingerprint density at radius 2 is 1.56 bits per heavy atom. The summed E-state index contributed by atoms with van der Waals surface area (Å²) in [5.74, 6) is 0. The van der Waals surface area contributed by atoms with Crippen LogP contribution < -0.4 is 9.74 Å². The Kier molecular flexibility index (Phi) is 8.40. The van der Waals surface area contributed by atoms with Crippen molar-refractivity contribution in [1.29, 1.82) is 0 Å². The highest BCUT2D eigenvalue weighted by molar-refractivity contribution is 7.95. The third-order valence-corrected chi connectivity index (χ3v) is 3.62. The molecule has 2 rings (SSSR count). The van der Waals surface area contributed by atoms with E-state index in [4.69, 9.17) is 5.26 Å². The highest BCUT2D eigenvalue weighted by atomic mass is 32.2. The summed E-state index contributed by atoms with van der Waals surface area (Å²) in [5, 5.41) is 11.1. The average molecular weight is 375 g/mol. The van der Waals surface area contributed by atoms with Crippen LogP contribution in [0.3, 0.4) is 0 Å². The van der Waals surface area contributed by atoms with Gasteiger partial charge in [-0.3, -0.25) is 9.52 Å². The molecule has 0 bridgehead atoms. The van der Waals surface area contributed by atoms with Crippen molar-refractivity contribution in [1.82, 2.24) is 4.48 Å². The van der Waals surface area contributed by atoms with Gasteiger partial charge < -0.3 is 5.26 Å². The van der Waals surface area contributed by atoms with Crippen molar-refractivity contribution in [2.75, 3.05) is 14.1 Å².